The minimum Gasteiger partial charge on any atom is -0.352 e. The summed E-state index contributed by atoms with van der Waals surface area (Å²) in [5.41, 5.74) is 7.29. The molecule has 3 nitrogen and oxygen atoms in total. The number of hydrogen-bond acceptors (Lipinski definition) is 2. The van der Waals surface area contributed by atoms with Gasteiger partial charge in [-0.2, -0.15) is 0 Å². The molecule has 0 radical (unpaired) electrons. The molecule has 0 aromatic heterocycles. The molecule has 3 N–H and O–H groups in total. The molecule has 1 aliphatic rings. The first-order valence-electron chi connectivity index (χ1n) is 8.30. The summed E-state index contributed by atoms with van der Waals surface area (Å²) in [6, 6.07) is 10.5. The minimum atomic E-state index is -0.352. The van der Waals surface area contributed by atoms with E-state index in [0.29, 0.717) is 5.92 Å². The standard InChI is InChI=1S/C18H28N2O/c1-2-8-16(19)18(21)20-17-12-7-6-11-15(17)13-14-9-4-3-5-10-14/h3-5,9-10,15-17H,2,6-8,11-13,19H2,1H3,(H,20,21). The summed E-state index contributed by atoms with van der Waals surface area (Å²) in [4.78, 5) is 12.2. The van der Waals surface area contributed by atoms with Crippen LogP contribution in [0.1, 0.15) is 51.0 Å². The van der Waals surface area contributed by atoms with Gasteiger partial charge in [-0.25, -0.2) is 0 Å². The van der Waals surface area contributed by atoms with Crippen molar-refractivity contribution in [3.05, 3.63) is 35.9 Å². The van der Waals surface area contributed by atoms with Crippen LogP contribution in [0, 0.1) is 5.92 Å². The van der Waals surface area contributed by atoms with Crippen LogP contribution in [-0.4, -0.2) is 18.0 Å². The van der Waals surface area contributed by atoms with Gasteiger partial charge in [-0.1, -0.05) is 56.5 Å². The maximum Gasteiger partial charge on any atom is 0.237 e. The highest BCUT2D eigenvalue weighted by atomic mass is 16.2. The van der Waals surface area contributed by atoms with E-state index in [1.54, 1.807) is 0 Å². The van der Waals surface area contributed by atoms with Crippen LogP contribution in [0.2, 0.25) is 0 Å². The highest BCUT2D eigenvalue weighted by Crippen LogP contribution is 2.27. The number of amides is 1. The summed E-state index contributed by atoms with van der Waals surface area (Å²) in [6.07, 6.45) is 7.53. The topological polar surface area (TPSA) is 55.1 Å². The van der Waals surface area contributed by atoms with Crippen LogP contribution in [0.5, 0.6) is 0 Å². The van der Waals surface area contributed by atoms with E-state index in [2.05, 4.69) is 36.5 Å². The Kier molecular flexibility index (Phi) is 6.24. The van der Waals surface area contributed by atoms with Crippen LogP contribution in [0.15, 0.2) is 30.3 Å². The van der Waals surface area contributed by atoms with E-state index >= 15 is 0 Å². The normalized spacial score (nSPS) is 23.5. The smallest absolute Gasteiger partial charge is 0.237 e. The maximum atomic E-state index is 12.2. The molecule has 1 aromatic rings. The van der Waals surface area contributed by atoms with Crippen molar-refractivity contribution >= 4 is 5.91 Å². The molecule has 0 spiro atoms. The molecule has 0 aliphatic heterocycles. The number of hydrogen-bond donors (Lipinski definition) is 2. The van der Waals surface area contributed by atoms with Gasteiger partial charge in [0.2, 0.25) is 5.91 Å². The summed E-state index contributed by atoms with van der Waals surface area (Å²) in [5, 5.41) is 3.21. The van der Waals surface area contributed by atoms with Crippen molar-refractivity contribution < 1.29 is 4.79 Å². The Hall–Kier alpha value is -1.35. The molecule has 3 unspecified atom stereocenters. The van der Waals surface area contributed by atoms with Gasteiger partial charge in [-0.15, -0.1) is 0 Å². The third kappa shape index (κ3) is 4.85. The molecule has 1 saturated carbocycles. The van der Waals surface area contributed by atoms with Gasteiger partial charge in [0.05, 0.1) is 6.04 Å². The van der Waals surface area contributed by atoms with Crippen molar-refractivity contribution in [3.8, 4) is 0 Å². The number of nitrogens with two attached hydrogens (primary N) is 1. The Morgan fingerprint density at radius 3 is 2.71 bits per heavy atom. The van der Waals surface area contributed by atoms with E-state index in [-0.39, 0.29) is 18.0 Å². The Morgan fingerprint density at radius 1 is 1.29 bits per heavy atom. The second kappa shape index (κ2) is 8.18. The van der Waals surface area contributed by atoms with Gasteiger partial charge in [0.25, 0.3) is 0 Å². The number of carbonyl (C=O) groups excluding carboxylic acids is 1. The second-order valence-electron chi connectivity index (χ2n) is 6.24. The lowest BCUT2D eigenvalue weighted by molar-refractivity contribution is -0.123. The van der Waals surface area contributed by atoms with Crippen molar-refractivity contribution in [2.24, 2.45) is 11.7 Å². The molecule has 1 fully saturated rings. The van der Waals surface area contributed by atoms with E-state index in [9.17, 15) is 4.79 Å². The Morgan fingerprint density at radius 2 is 2.00 bits per heavy atom. The van der Waals surface area contributed by atoms with Crippen LogP contribution in [0.4, 0.5) is 0 Å². The molecule has 0 heterocycles. The summed E-state index contributed by atoms with van der Waals surface area (Å²) < 4.78 is 0. The third-order valence-corrected chi connectivity index (χ3v) is 4.51. The molecule has 21 heavy (non-hydrogen) atoms. The fraction of sp³-hybridized carbons (Fsp3) is 0.611. The van der Waals surface area contributed by atoms with Gasteiger partial charge in [0.1, 0.15) is 0 Å². The highest BCUT2D eigenvalue weighted by molar-refractivity contribution is 5.81. The average Bonchev–Trinajstić information content (AvgIpc) is 2.50. The monoisotopic (exact) mass is 288 g/mol. The van der Waals surface area contributed by atoms with E-state index < -0.39 is 0 Å². The van der Waals surface area contributed by atoms with Gasteiger partial charge in [0.15, 0.2) is 0 Å². The molecule has 0 bridgehead atoms. The molecule has 3 atom stereocenters. The van der Waals surface area contributed by atoms with Crippen LogP contribution < -0.4 is 11.1 Å². The van der Waals surface area contributed by atoms with Crippen LogP contribution in [-0.2, 0) is 11.2 Å². The predicted molar refractivity (Wildman–Crippen MR) is 86.9 cm³/mol. The molecule has 1 amide bonds. The second-order valence-corrected chi connectivity index (χ2v) is 6.24. The lowest BCUT2D eigenvalue weighted by atomic mass is 9.80. The summed E-state index contributed by atoms with van der Waals surface area (Å²) >= 11 is 0. The zero-order valence-corrected chi connectivity index (χ0v) is 13.1. The number of nitrogens with one attached hydrogen (secondary N) is 1. The summed E-state index contributed by atoms with van der Waals surface area (Å²) in [5.74, 6) is 0.570. The van der Waals surface area contributed by atoms with Crippen molar-refractivity contribution in [2.45, 2.75) is 64.0 Å². The van der Waals surface area contributed by atoms with Crippen LogP contribution >= 0.6 is 0 Å². The minimum absolute atomic E-state index is 0.0295. The zero-order valence-electron chi connectivity index (χ0n) is 13.1. The third-order valence-electron chi connectivity index (χ3n) is 4.51. The first-order chi connectivity index (χ1) is 10.2. The Balaban J connectivity index is 1.94. The van der Waals surface area contributed by atoms with Gasteiger partial charge < -0.3 is 11.1 Å². The van der Waals surface area contributed by atoms with Gasteiger partial charge in [-0.05, 0) is 37.2 Å². The lowest BCUT2D eigenvalue weighted by Crippen LogP contribution is -2.49. The van der Waals surface area contributed by atoms with E-state index in [4.69, 9.17) is 5.73 Å². The molecule has 1 aromatic carbocycles. The van der Waals surface area contributed by atoms with Crippen molar-refractivity contribution in [1.29, 1.82) is 0 Å². The zero-order chi connectivity index (χ0) is 15.1. The maximum absolute atomic E-state index is 12.2. The Bertz CT molecular complexity index is 432. The molecule has 2 rings (SSSR count). The van der Waals surface area contributed by atoms with Crippen LogP contribution in [0.25, 0.3) is 0 Å². The lowest BCUT2D eigenvalue weighted by Gasteiger charge is -2.33. The highest BCUT2D eigenvalue weighted by Gasteiger charge is 2.27. The number of rotatable bonds is 6. The predicted octanol–water partition coefficient (Wildman–Crippen LogP) is 3.03. The average molecular weight is 288 g/mol. The fourth-order valence-corrected chi connectivity index (χ4v) is 3.29. The van der Waals surface area contributed by atoms with Gasteiger partial charge >= 0.3 is 0 Å². The summed E-state index contributed by atoms with van der Waals surface area (Å²) in [7, 11) is 0. The molecule has 3 heteroatoms. The van der Waals surface area contributed by atoms with Gasteiger partial charge in [0, 0.05) is 6.04 Å². The molecule has 116 valence electrons. The Labute approximate surface area is 128 Å². The molecule has 0 saturated heterocycles. The SMILES string of the molecule is CCCC(N)C(=O)NC1CCCCC1Cc1ccccc1. The molecule has 1 aliphatic carbocycles. The van der Waals surface area contributed by atoms with Crippen molar-refractivity contribution in [2.75, 3.05) is 0 Å². The van der Waals surface area contributed by atoms with E-state index in [0.717, 1.165) is 25.7 Å². The first kappa shape index (κ1) is 16.0. The molecular formula is C18H28N2O. The van der Waals surface area contributed by atoms with E-state index in [1.165, 1.54) is 24.8 Å². The van der Waals surface area contributed by atoms with E-state index in [1.807, 2.05) is 6.07 Å². The van der Waals surface area contributed by atoms with Crippen LogP contribution in [0.3, 0.4) is 0 Å². The molecular weight excluding hydrogens is 260 g/mol. The quantitative estimate of drug-likeness (QED) is 0.845. The van der Waals surface area contributed by atoms with Gasteiger partial charge in [-0.3, -0.25) is 4.79 Å². The fourth-order valence-electron chi connectivity index (χ4n) is 3.29. The first-order valence-corrected chi connectivity index (χ1v) is 8.30. The number of carbonyl (C=O) groups is 1. The number of benzene rings is 1. The summed E-state index contributed by atoms with van der Waals surface area (Å²) in [6.45, 7) is 2.06. The largest absolute Gasteiger partial charge is 0.352 e. The van der Waals surface area contributed by atoms with Crippen molar-refractivity contribution in [3.63, 3.8) is 0 Å². The van der Waals surface area contributed by atoms with Crippen molar-refractivity contribution in [1.82, 2.24) is 5.32 Å².